The second-order valence-electron chi connectivity index (χ2n) is 5.10. The Kier molecular flexibility index (Phi) is 4.10. The number of para-hydroxylation sites is 2. The third kappa shape index (κ3) is 3.23. The zero-order chi connectivity index (χ0) is 16.2. The zero-order valence-electron chi connectivity index (χ0n) is 12.7. The minimum absolute atomic E-state index is 0.0122. The van der Waals surface area contributed by atoms with Gasteiger partial charge in [-0.2, -0.15) is 0 Å². The zero-order valence-corrected chi connectivity index (χ0v) is 12.7. The van der Waals surface area contributed by atoms with E-state index in [1.54, 1.807) is 19.3 Å². The monoisotopic (exact) mass is 308 g/mol. The van der Waals surface area contributed by atoms with Gasteiger partial charge in [0.2, 0.25) is 5.91 Å². The van der Waals surface area contributed by atoms with Crippen LogP contribution in [0, 0.1) is 0 Å². The number of hydrogen-bond acceptors (Lipinski definition) is 3. The van der Waals surface area contributed by atoms with Gasteiger partial charge < -0.3 is 10.1 Å². The van der Waals surface area contributed by atoms with Crippen LogP contribution in [-0.2, 0) is 9.59 Å². The van der Waals surface area contributed by atoms with Crippen LogP contribution in [0.25, 0.3) is 6.08 Å². The van der Waals surface area contributed by atoms with E-state index in [0.717, 1.165) is 11.3 Å². The number of carbonyl (C=O) groups is 2. The summed E-state index contributed by atoms with van der Waals surface area (Å²) in [6, 6.07) is 14.6. The van der Waals surface area contributed by atoms with Crippen LogP contribution in [0.2, 0.25) is 0 Å². The molecule has 1 heterocycles. The smallest absolute Gasteiger partial charge is 0.251 e. The van der Waals surface area contributed by atoms with Crippen molar-refractivity contribution in [2.45, 2.75) is 0 Å². The number of nitrogens with one attached hydrogen (secondary N) is 1. The first kappa shape index (κ1) is 14.8. The topological polar surface area (TPSA) is 58.6 Å². The largest absolute Gasteiger partial charge is 0.497 e. The van der Waals surface area contributed by atoms with E-state index < -0.39 is 0 Å². The maximum absolute atomic E-state index is 12.5. The van der Waals surface area contributed by atoms with Crippen molar-refractivity contribution in [3.8, 4) is 5.75 Å². The molecule has 0 atom stereocenters. The molecule has 2 aromatic rings. The molecule has 0 bridgehead atoms. The number of anilines is 2. The average molecular weight is 308 g/mol. The Morgan fingerprint density at radius 2 is 2.04 bits per heavy atom. The first-order chi connectivity index (χ1) is 11.2. The van der Waals surface area contributed by atoms with Gasteiger partial charge in [-0.05, 0) is 35.9 Å². The lowest BCUT2D eigenvalue weighted by atomic mass is 10.1. The first-order valence-electron chi connectivity index (χ1n) is 7.20. The van der Waals surface area contributed by atoms with Gasteiger partial charge in [0.05, 0.1) is 18.5 Å². The summed E-state index contributed by atoms with van der Waals surface area (Å²) in [5, 5.41) is 2.76. The number of fused-ring (bicyclic) bond motifs is 1. The highest BCUT2D eigenvalue weighted by Gasteiger charge is 2.24. The second kappa shape index (κ2) is 6.36. The van der Waals surface area contributed by atoms with Crippen LogP contribution < -0.4 is 15.0 Å². The van der Waals surface area contributed by atoms with Gasteiger partial charge in [0, 0.05) is 6.08 Å². The molecule has 0 spiro atoms. The Morgan fingerprint density at radius 3 is 2.87 bits per heavy atom. The Morgan fingerprint density at radius 1 is 1.22 bits per heavy atom. The molecule has 3 rings (SSSR count). The fourth-order valence-electron chi connectivity index (χ4n) is 2.43. The molecule has 1 N–H and O–H groups in total. The van der Waals surface area contributed by atoms with E-state index in [0.29, 0.717) is 11.4 Å². The molecule has 0 fully saturated rings. The summed E-state index contributed by atoms with van der Waals surface area (Å²) in [7, 11) is 1.59. The van der Waals surface area contributed by atoms with Crippen molar-refractivity contribution in [2.24, 2.45) is 0 Å². The lowest BCUT2D eigenvalue weighted by molar-refractivity contribution is -0.119. The van der Waals surface area contributed by atoms with Gasteiger partial charge >= 0.3 is 0 Å². The maximum Gasteiger partial charge on any atom is 0.251 e. The number of nitrogens with zero attached hydrogens (tertiary/aromatic N) is 1. The normalized spacial score (nSPS) is 13.6. The Bertz CT molecular complexity index is 783. The highest BCUT2D eigenvalue weighted by atomic mass is 16.5. The minimum Gasteiger partial charge on any atom is -0.497 e. The molecule has 116 valence electrons. The number of methoxy groups -OCH3 is 1. The van der Waals surface area contributed by atoms with E-state index >= 15 is 0 Å². The van der Waals surface area contributed by atoms with Crippen LogP contribution in [0.15, 0.2) is 54.6 Å². The SMILES string of the molecule is COc1cccc(/C=C/C(=O)N2CC(=O)Nc3ccccc32)c1. The predicted octanol–water partition coefficient (Wildman–Crippen LogP) is 2.69. The Balaban J connectivity index is 1.83. The van der Waals surface area contributed by atoms with Gasteiger partial charge in [0.25, 0.3) is 5.91 Å². The molecule has 2 aromatic carbocycles. The van der Waals surface area contributed by atoms with Gasteiger partial charge in [-0.1, -0.05) is 24.3 Å². The van der Waals surface area contributed by atoms with Crippen molar-refractivity contribution in [3.63, 3.8) is 0 Å². The lowest BCUT2D eigenvalue weighted by Crippen LogP contribution is -2.41. The molecule has 0 saturated carbocycles. The molecule has 1 aliphatic heterocycles. The molecule has 23 heavy (non-hydrogen) atoms. The summed E-state index contributed by atoms with van der Waals surface area (Å²) in [6.45, 7) is 0.0122. The van der Waals surface area contributed by atoms with Crippen LogP contribution in [0.3, 0.4) is 0 Å². The molecule has 2 amide bonds. The number of carbonyl (C=O) groups excluding carboxylic acids is 2. The Hall–Kier alpha value is -3.08. The summed E-state index contributed by atoms with van der Waals surface area (Å²) in [5.41, 5.74) is 2.20. The van der Waals surface area contributed by atoms with E-state index in [-0.39, 0.29) is 18.4 Å². The third-order valence-corrected chi connectivity index (χ3v) is 3.55. The standard InChI is InChI=1S/C18H16N2O3/c1-23-14-6-4-5-13(11-14)9-10-18(22)20-12-17(21)19-15-7-2-3-8-16(15)20/h2-11H,12H2,1H3,(H,19,21)/b10-9+. The summed E-state index contributed by atoms with van der Waals surface area (Å²) in [4.78, 5) is 25.7. The van der Waals surface area contributed by atoms with E-state index in [4.69, 9.17) is 4.74 Å². The fourth-order valence-corrected chi connectivity index (χ4v) is 2.43. The molecule has 0 saturated heterocycles. The Labute approximate surface area is 134 Å². The quantitative estimate of drug-likeness (QED) is 0.887. The van der Waals surface area contributed by atoms with Crippen LogP contribution in [0.1, 0.15) is 5.56 Å². The summed E-state index contributed by atoms with van der Waals surface area (Å²) >= 11 is 0. The molecule has 0 radical (unpaired) electrons. The van der Waals surface area contributed by atoms with Crippen molar-refractivity contribution >= 4 is 29.3 Å². The average Bonchev–Trinajstić information content (AvgIpc) is 2.59. The number of amides is 2. The van der Waals surface area contributed by atoms with Crippen LogP contribution in [0.4, 0.5) is 11.4 Å². The molecular weight excluding hydrogens is 292 g/mol. The van der Waals surface area contributed by atoms with Crippen LogP contribution in [-0.4, -0.2) is 25.5 Å². The summed E-state index contributed by atoms with van der Waals surface area (Å²) < 4.78 is 5.16. The van der Waals surface area contributed by atoms with Crippen molar-refractivity contribution in [1.29, 1.82) is 0 Å². The molecule has 5 heteroatoms. The van der Waals surface area contributed by atoms with E-state index in [9.17, 15) is 9.59 Å². The lowest BCUT2D eigenvalue weighted by Gasteiger charge is -2.28. The number of ether oxygens (including phenoxy) is 1. The van der Waals surface area contributed by atoms with Gasteiger partial charge in [0.15, 0.2) is 0 Å². The van der Waals surface area contributed by atoms with E-state index in [2.05, 4.69) is 5.32 Å². The molecule has 0 aliphatic carbocycles. The second-order valence-corrected chi connectivity index (χ2v) is 5.10. The molecule has 5 nitrogen and oxygen atoms in total. The van der Waals surface area contributed by atoms with Crippen molar-refractivity contribution in [3.05, 3.63) is 60.2 Å². The van der Waals surface area contributed by atoms with Crippen molar-refractivity contribution in [1.82, 2.24) is 0 Å². The fraction of sp³-hybridized carbons (Fsp3) is 0.111. The molecule has 1 aliphatic rings. The summed E-state index contributed by atoms with van der Waals surface area (Å²) in [5.74, 6) is 0.282. The van der Waals surface area contributed by atoms with Gasteiger partial charge in [-0.3, -0.25) is 14.5 Å². The van der Waals surface area contributed by atoms with E-state index in [1.807, 2.05) is 42.5 Å². The minimum atomic E-state index is -0.241. The molecule has 0 unspecified atom stereocenters. The van der Waals surface area contributed by atoms with Crippen LogP contribution >= 0.6 is 0 Å². The highest BCUT2D eigenvalue weighted by Crippen LogP contribution is 2.29. The number of benzene rings is 2. The first-order valence-corrected chi connectivity index (χ1v) is 7.20. The van der Waals surface area contributed by atoms with Crippen molar-refractivity contribution in [2.75, 3.05) is 23.9 Å². The molecular formula is C18H16N2O3. The van der Waals surface area contributed by atoms with Crippen LogP contribution in [0.5, 0.6) is 5.75 Å². The van der Waals surface area contributed by atoms with Gasteiger partial charge in [0.1, 0.15) is 12.3 Å². The summed E-state index contributed by atoms with van der Waals surface area (Å²) in [6.07, 6.45) is 3.17. The van der Waals surface area contributed by atoms with E-state index in [1.165, 1.54) is 11.0 Å². The highest BCUT2D eigenvalue weighted by molar-refractivity contribution is 6.13. The number of hydrogen-bond donors (Lipinski definition) is 1. The maximum atomic E-state index is 12.5. The third-order valence-electron chi connectivity index (χ3n) is 3.55. The van der Waals surface area contributed by atoms with Crippen molar-refractivity contribution < 1.29 is 14.3 Å². The molecule has 0 aromatic heterocycles. The van der Waals surface area contributed by atoms with Gasteiger partial charge in [-0.15, -0.1) is 0 Å². The van der Waals surface area contributed by atoms with Gasteiger partial charge in [-0.25, -0.2) is 0 Å². The number of rotatable bonds is 3. The predicted molar refractivity (Wildman–Crippen MR) is 89.5 cm³/mol.